The molecule has 0 bridgehead atoms. The van der Waals surface area contributed by atoms with Crippen molar-refractivity contribution in [2.45, 2.75) is 6.92 Å². The molecule has 1 rings (SSSR count). The van der Waals surface area contributed by atoms with Crippen LogP contribution in [0.15, 0.2) is 6.33 Å². The first-order chi connectivity index (χ1) is 7.56. The Labute approximate surface area is 91.1 Å². The van der Waals surface area contributed by atoms with Crippen LogP contribution in [0.4, 0.5) is 0 Å². The number of carboxylic acids is 1. The van der Waals surface area contributed by atoms with Gasteiger partial charge in [0.15, 0.2) is 11.4 Å². The van der Waals surface area contributed by atoms with E-state index < -0.39 is 11.9 Å². The number of aromatic nitrogens is 2. The fourth-order valence-electron chi connectivity index (χ4n) is 1.00. The summed E-state index contributed by atoms with van der Waals surface area (Å²) < 4.78 is 0. The van der Waals surface area contributed by atoms with E-state index in [1.54, 1.807) is 6.92 Å². The molecule has 0 spiro atoms. The molecule has 1 atom stereocenters. The van der Waals surface area contributed by atoms with E-state index in [-0.39, 0.29) is 23.9 Å². The highest BCUT2D eigenvalue weighted by Crippen LogP contribution is 2.02. The van der Waals surface area contributed by atoms with Gasteiger partial charge < -0.3 is 15.4 Å². The highest BCUT2D eigenvalue weighted by molar-refractivity contribution is 6.02. The van der Waals surface area contributed by atoms with E-state index in [9.17, 15) is 9.59 Å². The van der Waals surface area contributed by atoms with Crippen molar-refractivity contribution in [1.82, 2.24) is 15.3 Å². The fourth-order valence-corrected chi connectivity index (χ4v) is 1.00. The third-order valence-electron chi connectivity index (χ3n) is 1.86. The van der Waals surface area contributed by atoms with Crippen molar-refractivity contribution >= 4 is 11.9 Å². The molecule has 0 saturated heterocycles. The lowest BCUT2D eigenvalue weighted by Crippen LogP contribution is -2.29. The number of H-pyrrole nitrogens is 1. The predicted octanol–water partition coefficient (Wildman–Crippen LogP) is -0.00262. The average molecular weight is 222 g/mol. The first kappa shape index (κ1) is 11.7. The van der Waals surface area contributed by atoms with Crippen molar-refractivity contribution in [3.8, 4) is 6.07 Å². The van der Waals surface area contributed by atoms with Gasteiger partial charge in [0.1, 0.15) is 0 Å². The Hall–Kier alpha value is -2.36. The number of nitriles is 1. The summed E-state index contributed by atoms with van der Waals surface area (Å²) in [5.74, 6) is -2.20. The minimum Gasteiger partial charge on any atom is -0.477 e. The van der Waals surface area contributed by atoms with Crippen molar-refractivity contribution in [2.75, 3.05) is 6.54 Å². The zero-order valence-corrected chi connectivity index (χ0v) is 8.52. The molecule has 0 aliphatic carbocycles. The standard InChI is InChI=1S/C9H10N4O3/c1-5(2-10)3-11-8(14)6-7(9(15)16)13-4-12-6/h4-5H,3H2,1H3,(H,11,14)(H,12,13)(H,15,16). The SMILES string of the molecule is CC(C#N)CNC(=O)c1nc[nH]c1C(=O)O. The Kier molecular flexibility index (Phi) is 3.61. The lowest BCUT2D eigenvalue weighted by molar-refractivity contribution is 0.0685. The zero-order valence-electron chi connectivity index (χ0n) is 8.52. The summed E-state index contributed by atoms with van der Waals surface area (Å²) in [7, 11) is 0. The highest BCUT2D eigenvalue weighted by atomic mass is 16.4. The van der Waals surface area contributed by atoms with E-state index >= 15 is 0 Å². The fraction of sp³-hybridized carbons (Fsp3) is 0.333. The lowest BCUT2D eigenvalue weighted by Gasteiger charge is -2.04. The molecular weight excluding hydrogens is 212 g/mol. The van der Waals surface area contributed by atoms with Gasteiger partial charge in [0.05, 0.1) is 18.3 Å². The van der Waals surface area contributed by atoms with Gasteiger partial charge in [-0.05, 0) is 6.92 Å². The number of hydrogen-bond donors (Lipinski definition) is 3. The first-order valence-corrected chi connectivity index (χ1v) is 4.50. The number of carboxylic acid groups (broad SMARTS) is 1. The van der Waals surface area contributed by atoms with Gasteiger partial charge in [-0.25, -0.2) is 9.78 Å². The molecule has 1 heterocycles. The number of aromatic carboxylic acids is 1. The Morgan fingerprint density at radius 2 is 2.44 bits per heavy atom. The molecule has 7 nitrogen and oxygen atoms in total. The molecule has 1 unspecified atom stereocenters. The Morgan fingerprint density at radius 1 is 1.75 bits per heavy atom. The number of carbonyl (C=O) groups excluding carboxylic acids is 1. The second-order valence-corrected chi connectivity index (χ2v) is 3.17. The molecule has 1 amide bonds. The van der Waals surface area contributed by atoms with Crippen LogP contribution in [0.3, 0.4) is 0 Å². The Bertz CT molecular complexity index is 446. The van der Waals surface area contributed by atoms with E-state index in [0.29, 0.717) is 0 Å². The van der Waals surface area contributed by atoms with Gasteiger partial charge in [0.2, 0.25) is 0 Å². The van der Waals surface area contributed by atoms with Gasteiger partial charge in [0, 0.05) is 6.54 Å². The number of hydrogen-bond acceptors (Lipinski definition) is 4. The maximum Gasteiger partial charge on any atom is 0.354 e. The van der Waals surface area contributed by atoms with Gasteiger partial charge in [-0.1, -0.05) is 0 Å². The van der Waals surface area contributed by atoms with Gasteiger partial charge in [-0.2, -0.15) is 5.26 Å². The number of rotatable bonds is 4. The van der Waals surface area contributed by atoms with Crippen molar-refractivity contribution in [3.63, 3.8) is 0 Å². The van der Waals surface area contributed by atoms with Crippen LogP contribution in [-0.4, -0.2) is 33.5 Å². The van der Waals surface area contributed by atoms with Crippen LogP contribution in [0.5, 0.6) is 0 Å². The van der Waals surface area contributed by atoms with Gasteiger partial charge >= 0.3 is 5.97 Å². The monoisotopic (exact) mass is 222 g/mol. The third kappa shape index (κ3) is 2.57. The molecule has 0 aromatic carbocycles. The minimum absolute atomic E-state index is 0.154. The molecule has 1 aromatic rings. The third-order valence-corrected chi connectivity index (χ3v) is 1.86. The largest absolute Gasteiger partial charge is 0.477 e. The summed E-state index contributed by atoms with van der Waals surface area (Å²) in [4.78, 5) is 28.1. The molecule has 84 valence electrons. The maximum atomic E-state index is 11.5. The van der Waals surface area contributed by atoms with Crippen LogP contribution in [-0.2, 0) is 0 Å². The summed E-state index contributed by atoms with van der Waals surface area (Å²) >= 11 is 0. The van der Waals surface area contributed by atoms with E-state index in [4.69, 9.17) is 10.4 Å². The molecule has 16 heavy (non-hydrogen) atoms. The van der Waals surface area contributed by atoms with Gasteiger partial charge in [-0.3, -0.25) is 4.79 Å². The van der Waals surface area contributed by atoms with Crippen LogP contribution in [0, 0.1) is 17.2 Å². The van der Waals surface area contributed by atoms with Crippen molar-refractivity contribution in [2.24, 2.45) is 5.92 Å². The number of carbonyl (C=O) groups is 2. The maximum absolute atomic E-state index is 11.5. The van der Waals surface area contributed by atoms with E-state index in [2.05, 4.69) is 15.3 Å². The first-order valence-electron chi connectivity index (χ1n) is 4.50. The number of nitrogens with zero attached hydrogens (tertiary/aromatic N) is 2. The van der Waals surface area contributed by atoms with Crippen LogP contribution < -0.4 is 5.32 Å². The highest BCUT2D eigenvalue weighted by Gasteiger charge is 2.19. The van der Waals surface area contributed by atoms with Crippen LogP contribution in [0.25, 0.3) is 0 Å². The molecule has 0 radical (unpaired) electrons. The van der Waals surface area contributed by atoms with E-state index in [1.165, 1.54) is 0 Å². The summed E-state index contributed by atoms with van der Waals surface area (Å²) in [6.45, 7) is 1.80. The number of amides is 1. The van der Waals surface area contributed by atoms with Gasteiger partial charge in [0.25, 0.3) is 5.91 Å². The summed E-state index contributed by atoms with van der Waals surface area (Å²) in [6.07, 6.45) is 1.13. The number of aromatic amines is 1. The second-order valence-electron chi connectivity index (χ2n) is 3.17. The molecule has 0 aliphatic heterocycles. The zero-order chi connectivity index (χ0) is 12.1. The quantitative estimate of drug-likeness (QED) is 0.662. The van der Waals surface area contributed by atoms with Crippen molar-refractivity contribution in [1.29, 1.82) is 5.26 Å². The van der Waals surface area contributed by atoms with E-state index in [0.717, 1.165) is 6.33 Å². The van der Waals surface area contributed by atoms with Crippen LogP contribution in [0.2, 0.25) is 0 Å². The summed E-state index contributed by atoms with van der Waals surface area (Å²) in [5, 5.41) is 19.7. The topological polar surface area (TPSA) is 119 Å². The predicted molar refractivity (Wildman–Crippen MR) is 52.7 cm³/mol. The van der Waals surface area contributed by atoms with Gasteiger partial charge in [-0.15, -0.1) is 0 Å². The smallest absolute Gasteiger partial charge is 0.354 e. The van der Waals surface area contributed by atoms with Crippen LogP contribution in [0.1, 0.15) is 27.9 Å². The minimum atomic E-state index is -1.25. The Morgan fingerprint density at radius 3 is 3.00 bits per heavy atom. The summed E-state index contributed by atoms with van der Waals surface area (Å²) in [6, 6.07) is 1.94. The Balaban J connectivity index is 2.71. The van der Waals surface area contributed by atoms with Crippen molar-refractivity contribution in [3.05, 3.63) is 17.7 Å². The number of imidazole rings is 1. The van der Waals surface area contributed by atoms with Crippen molar-refractivity contribution < 1.29 is 14.7 Å². The lowest BCUT2D eigenvalue weighted by atomic mass is 10.2. The molecule has 0 aliphatic rings. The summed E-state index contributed by atoms with van der Waals surface area (Å²) in [5.41, 5.74) is -0.445. The normalized spacial score (nSPS) is 11.5. The second kappa shape index (κ2) is 4.93. The molecule has 0 fully saturated rings. The van der Waals surface area contributed by atoms with E-state index in [1.807, 2.05) is 6.07 Å². The molecule has 0 saturated carbocycles. The average Bonchev–Trinajstić information content (AvgIpc) is 2.74. The molecule has 7 heteroatoms. The molecule has 3 N–H and O–H groups in total. The molecular formula is C9H10N4O3. The number of nitrogens with one attached hydrogen (secondary N) is 2. The molecule has 1 aromatic heterocycles. The van der Waals surface area contributed by atoms with Crippen LogP contribution >= 0.6 is 0 Å².